The van der Waals surface area contributed by atoms with Crippen LogP contribution in [0.1, 0.15) is 0 Å². The minimum atomic E-state index is 0.599. The highest BCUT2D eigenvalue weighted by Gasteiger charge is 2.18. The van der Waals surface area contributed by atoms with Crippen LogP contribution in [0.25, 0.3) is 72.2 Å². The monoisotopic (exact) mass is 487 g/mol. The summed E-state index contributed by atoms with van der Waals surface area (Å²) >= 11 is 0. The SMILES string of the molecule is c1ccc(-c2nc(-c3ccc(-n4c5ccccc5c5ccccc54)cc3)nc3oc4ccccc4c23)cc1. The molecular formula is C34H21N3O. The molecule has 3 heterocycles. The largest absolute Gasteiger partial charge is 0.438 e. The van der Waals surface area contributed by atoms with E-state index in [-0.39, 0.29) is 0 Å². The number of furan rings is 1. The molecular weight excluding hydrogens is 466 g/mol. The fourth-order valence-electron chi connectivity index (χ4n) is 5.52. The zero-order chi connectivity index (χ0) is 25.1. The van der Waals surface area contributed by atoms with Crippen molar-refractivity contribution in [2.75, 3.05) is 0 Å². The summed E-state index contributed by atoms with van der Waals surface area (Å²) in [6, 6.07) is 43.9. The number of hydrogen-bond acceptors (Lipinski definition) is 3. The van der Waals surface area contributed by atoms with Crippen molar-refractivity contribution in [3.63, 3.8) is 0 Å². The van der Waals surface area contributed by atoms with Crippen molar-refractivity contribution in [1.29, 1.82) is 0 Å². The summed E-state index contributed by atoms with van der Waals surface area (Å²) in [5.41, 5.74) is 7.74. The van der Waals surface area contributed by atoms with Gasteiger partial charge in [0, 0.05) is 33.0 Å². The van der Waals surface area contributed by atoms with Crippen LogP contribution in [0.4, 0.5) is 0 Å². The average molecular weight is 488 g/mol. The molecule has 0 aliphatic rings. The van der Waals surface area contributed by atoms with Crippen LogP contribution >= 0.6 is 0 Å². The van der Waals surface area contributed by atoms with E-state index in [4.69, 9.17) is 14.4 Å². The van der Waals surface area contributed by atoms with E-state index in [0.717, 1.165) is 38.9 Å². The Hall–Kier alpha value is -5.22. The molecule has 0 N–H and O–H groups in total. The van der Waals surface area contributed by atoms with Gasteiger partial charge >= 0.3 is 0 Å². The Labute approximate surface area is 218 Å². The topological polar surface area (TPSA) is 43.9 Å². The van der Waals surface area contributed by atoms with Crippen LogP contribution in [0.15, 0.2) is 132 Å². The molecule has 3 aromatic heterocycles. The van der Waals surface area contributed by atoms with Gasteiger partial charge in [0.25, 0.3) is 0 Å². The predicted octanol–water partition coefficient (Wildman–Crippen LogP) is 8.81. The van der Waals surface area contributed by atoms with Crippen molar-refractivity contribution in [1.82, 2.24) is 14.5 Å². The summed E-state index contributed by atoms with van der Waals surface area (Å²) < 4.78 is 8.51. The number of nitrogens with zero attached hydrogens (tertiary/aromatic N) is 3. The molecule has 0 radical (unpaired) electrons. The van der Waals surface area contributed by atoms with Crippen LogP contribution < -0.4 is 0 Å². The van der Waals surface area contributed by atoms with Crippen molar-refractivity contribution in [2.45, 2.75) is 0 Å². The number of para-hydroxylation sites is 3. The van der Waals surface area contributed by atoms with Gasteiger partial charge < -0.3 is 8.98 Å². The number of aromatic nitrogens is 3. The van der Waals surface area contributed by atoms with Crippen molar-refractivity contribution >= 4 is 43.9 Å². The molecule has 0 aliphatic carbocycles. The highest BCUT2D eigenvalue weighted by atomic mass is 16.3. The highest BCUT2D eigenvalue weighted by molar-refractivity contribution is 6.11. The van der Waals surface area contributed by atoms with E-state index in [0.29, 0.717) is 11.5 Å². The molecule has 0 atom stereocenters. The van der Waals surface area contributed by atoms with Crippen LogP contribution in [-0.2, 0) is 0 Å². The fourth-order valence-corrected chi connectivity index (χ4v) is 5.52. The molecule has 0 amide bonds. The number of fused-ring (bicyclic) bond motifs is 6. The molecule has 4 nitrogen and oxygen atoms in total. The van der Waals surface area contributed by atoms with E-state index in [1.54, 1.807) is 0 Å². The molecule has 0 fully saturated rings. The van der Waals surface area contributed by atoms with Crippen molar-refractivity contribution in [3.05, 3.63) is 127 Å². The van der Waals surface area contributed by atoms with Gasteiger partial charge in [-0.2, -0.15) is 4.98 Å². The van der Waals surface area contributed by atoms with E-state index in [2.05, 4.69) is 95.6 Å². The van der Waals surface area contributed by atoms with Crippen molar-refractivity contribution in [3.8, 4) is 28.3 Å². The van der Waals surface area contributed by atoms with Crippen LogP contribution in [-0.4, -0.2) is 14.5 Å². The second kappa shape index (κ2) is 8.15. The first-order chi connectivity index (χ1) is 18.8. The first-order valence-electron chi connectivity index (χ1n) is 12.7. The van der Waals surface area contributed by atoms with Gasteiger partial charge in [-0.1, -0.05) is 84.9 Å². The quantitative estimate of drug-likeness (QED) is 0.250. The molecule has 0 aliphatic heterocycles. The lowest BCUT2D eigenvalue weighted by Crippen LogP contribution is -1.96. The molecule has 0 saturated carbocycles. The first kappa shape index (κ1) is 20.9. The Kier molecular flexibility index (Phi) is 4.49. The van der Waals surface area contributed by atoms with Crippen LogP contribution in [0.2, 0.25) is 0 Å². The summed E-state index contributed by atoms with van der Waals surface area (Å²) in [5.74, 6) is 0.643. The molecule has 38 heavy (non-hydrogen) atoms. The normalized spacial score (nSPS) is 11.7. The molecule has 5 aromatic carbocycles. The Morgan fingerprint density at radius 1 is 0.500 bits per heavy atom. The third-order valence-corrected chi connectivity index (χ3v) is 7.25. The van der Waals surface area contributed by atoms with E-state index in [1.165, 1.54) is 21.8 Å². The summed E-state index contributed by atoms with van der Waals surface area (Å²) in [7, 11) is 0. The summed E-state index contributed by atoms with van der Waals surface area (Å²) in [5, 5.41) is 4.46. The lowest BCUT2D eigenvalue weighted by molar-refractivity contribution is 0.653. The minimum Gasteiger partial charge on any atom is -0.438 e. The molecule has 8 aromatic rings. The lowest BCUT2D eigenvalue weighted by Gasteiger charge is -2.10. The Morgan fingerprint density at radius 3 is 1.82 bits per heavy atom. The highest BCUT2D eigenvalue weighted by Crippen LogP contribution is 2.37. The van der Waals surface area contributed by atoms with E-state index in [9.17, 15) is 0 Å². The average Bonchev–Trinajstić information content (AvgIpc) is 3.53. The fraction of sp³-hybridized carbons (Fsp3) is 0. The van der Waals surface area contributed by atoms with Gasteiger partial charge in [0.05, 0.1) is 22.1 Å². The Morgan fingerprint density at radius 2 is 1.11 bits per heavy atom. The van der Waals surface area contributed by atoms with E-state index < -0.39 is 0 Å². The number of rotatable bonds is 3. The molecule has 0 unspecified atom stereocenters. The lowest BCUT2D eigenvalue weighted by atomic mass is 10.1. The third kappa shape index (κ3) is 3.10. The zero-order valence-electron chi connectivity index (χ0n) is 20.4. The van der Waals surface area contributed by atoms with Gasteiger partial charge in [-0.15, -0.1) is 0 Å². The Bertz CT molecular complexity index is 2070. The maximum Gasteiger partial charge on any atom is 0.231 e. The maximum absolute atomic E-state index is 6.20. The van der Waals surface area contributed by atoms with E-state index >= 15 is 0 Å². The van der Waals surface area contributed by atoms with E-state index in [1.807, 2.05) is 36.4 Å². The van der Waals surface area contributed by atoms with Gasteiger partial charge in [0.15, 0.2) is 5.82 Å². The molecule has 0 spiro atoms. The number of hydrogen-bond donors (Lipinski definition) is 0. The summed E-state index contributed by atoms with van der Waals surface area (Å²) in [6.45, 7) is 0. The molecule has 4 heteroatoms. The number of benzene rings is 5. The molecule has 178 valence electrons. The predicted molar refractivity (Wildman–Crippen MR) is 155 cm³/mol. The van der Waals surface area contributed by atoms with Crippen molar-refractivity contribution in [2.24, 2.45) is 0 Å². The smallest absolute Gasteiger partial charge is 0.231 e. The third-order valence-electron chi connectivity index (χ3n) is 7.25. The van der Waals surface area contributed by atoms with Crippen molar-refractivity contribution < 1.29 is 4.42 Å². The second-order valence-corrected chi connectivity index (χ2v) is 9.46. The molecule has 0 saturated heterocycles. The van der Waals surface area contributed by atoms with Crippen LogP contribution in [0, 0.1) is 0 Å². The zero-order valence-corrected chi connectivity index (χ0v) is 20.4. The van der Waals surface area contributed by atoms with Gasteiger partial charge in [-0.05, 0) is 42.5 Å². The molecule has 0 bridgehead atoms. The van der Waals surface area contributed by atoms with Gasteiger partial charge in [0.1, 0.15) is 5.58 Å². The minimum absolute atomic E-state index is 0.599. The van der Waals surface area contributed by atoms with Gasteiger partial charge in [0.2, 0.25) is 5.71 Å². The summed E-state index contributed by atoms with van der Waals surface area (Å²) in [4.78, 5) is 9.95. The summed E-state index contributed by atoms with van der Waals surface area (Å²) in [6.07, 6.45) is 0. The second-order valence-electron chi connectivity index (χ2n) is 9.46. The van der Waals surface area contributed by atoms with Gasteiger partial charge in [-0.3, -0.25) is 0 Å². The first-order valence-corrected chi connectivity index (χ1v) is 12.7. The molecule has 8 rings (SSSR count). The van der Waals surface area contributed by atoms with Gasteiger partial charge in [-0.25, -0.2) is 4.98 Å². The van der Waals surface area contributed by atoms with Crippen LogP contribution in [0.3, 0.4) is 0 Å². The maximum atomic E-state index is 6.20. The Balaban J connectivity index is 1.32. The standard InChI is InChI=1S/C34H21N3O/c1-2-10-22(11-3-1)32-31-27-14-6-9-17-30(27)38-34(31)36-33(35-32)23-18-20-24(21-19-23)37-28-15-7-4-12-25(28)26-13-5-8-16-29(26)37/h1-21H. The van der Waals surface area contributed by atoms with Crippen LogP contribution in [0.5, 0.6) is 0 Å².